The Hall–Kier alpha value is 0.690. The lowest BCUT2D eigenvalue weighted by Gasteiger charge is -1.98. The Labute approximate surface area is 77.7 Å². The third-order valence-corrected chi connectivity index (χ3v) is 1.91. The molecule has 0 unspecified atom stereocenters. The van der Waals surface area contributed by atoms with E-state index in [2.05, 4.69) is 29.5 Å². The lowest BCUT2D eigenvalue weighted by molar-refractivity contribution is 0.184. The SMILES string of the molecule is CCCCCCCOCI. The minimum atomic E-state index is 0.839. The van der Waals surface area contributed by atoms with E-state index in [0.29, 0.717) is 0 Å². The number of halogens is 1. The average molecular weight is 256 g/mol. The van der Waals surface area contributed by atoms with Gasteiger partial charge in [0.1, 0.15) is 0 Å². The molecule has 0 aliphatic carbocycles. The first-order chi connectivity index (χ1) is 4.91. The summed E-state index contributed by atoms with van der Waals surface area (Å²) >= 11 is 2.23. The van der Waals surface area contributed by atoms with Crippen molar-refractivity contribution in [2.45, 2.75) is 39.0 Å². The van der Waals surface area contributed by atoms with Crippen LogP contribution in [0.15, 0.2) is 0 Å². The zero-order chi connectivity index (χ0) is 7.66. The van der Waals surface area contributed by atoms with Crippen LogP contribution in [-0.4, -0.2) is 11.2 Å². The molecule has 0 radical (unpaired) electrons. The van der Waals surface area contributed by atoms with Gasteiger partial charge in [-0.2, -0.15) is 0 Å². The van der Waals surface area contributed by atoms with Crippen LogP contribution in [-0.2, 0) is 4.74 Å². The van der Waals surface area contributed by atoms with Crippen LogP contribution in [0.25, 0.3) is 0 Å². The number of hydrogen-bond donors (Lipinski definition) is 0. The highest BCUT2D eigenvalue weighted by Crippen LogP contribution is 2.02. The largest absolute Gasteiger partial charge is 0.371 e. The lowest BCUT2D eigenvalue weighted by atomic mass is 10.2. The van der Waals surface area contributed by atoms with E-state index in [-0.39, 0.29) is 0 Å². The predicted molar refractivity (Wildman–Crippen MR) is 53.6 cm³/mol. The highest BCUT2D eigenvalue weighted by molar-refractivity contribution is 14.1. The maximum absolute atomic E-state index is 5.20. The minimum absolute atomic E-state index is 0.839. The van der Waals surface area contributed by atoms with E-state index in [4.69, 9.17) is 4.74 Å². The van der Waals surface area contributed by atoms with Crippen molar-refractivity contribution in [1.29, 1.82) is 0 Å². The Bertz CT molecular complexity index is 49.2. The van der Waals surface area contributed by atoms with Crippen molar-refractivity contribution in [1.82, 2.24) is 0 Å². The molecule has 0 heterocycles. The molecule has 0 N–H and O–H groups in total. The molecule has 1 nitrogen and oxygen atoms in total. The van der Waals surface area contributed by atoms with Gasteiger partial charge in [0.25, 0.3) is 0 Å². The molecule has 0 aromatic heterocycles. The lowest BCUT2D eigenvalue weighted by Crippen LogP contribution is -1.90. The Morgan fingerprint density at radius 1 is 1.10 bits per heavy atom. The van der Waals surface area contributed by atoms with Crippen molar-refractivity contribution in [2.75, 3.05) is 11.2 Å². The summed E-state index contributed by atoms with van der Waals surface area (Å²) in [4.78, 5) is 0. The quantitative estimate of drug-likeness (QED) is 0.385. The molecule has 0 spiro atoms. The van der Waals surface area contributed by atoms with Crippen molar-refractivity contribution in [3.8, 4) is 0 Å². The van der Waals surface area contributed by atoms with Gasteiger partial charge >= 0.3 is 0 Å². The van der Waals surface area contributed by atoms with Crippen molar-refractivity contribution in [3.63, 3.8) is 0 Å². The van der Waals surface area contributed by atoms with Crippen LogP contribution in [0.3, 0.4) is 0 Å². The van der Waals surface area contributed by atoms with E-state index in [1.54, 1.807) is 0 Å². The van der Waals surface area contributed by atoms with E-state index in [1.807, 2.05) is 0 Å². The first-order valence-corrected chi connectivity index (χ1v) is 5.58. The number of ether oxygens (including phenoxy) is 1. The summed E-state index contributed by atoms with van der Waals surface area (Å²) < 4.78 is 6.04. The fraction of sp³-hybridized carbons (Fsp3) is 1.00. The van der Waals surface area contributed by atoms with Crippen LogP contribution in [0.1, 0.15) is 39.0 Å². The molecule has 0 aromatic carbocycles. The summed E-state index contributed by atoms with van der Waals surface area (Å²) in [5.41, 5.74) is 0. The van der Waals surface area contributed by atoms with Crippen molar-refractivity contribution in [3.05, 3.63) is 0 Å². The molecule has 0 saturated carbocycles. The smallest absolute Gasteiger partial charge is 0.0979 e. The maximum Gasteiger partial charge on any atom is 0.0979 e. The van der Waals surface area contributed by atoms with Crippen molar-refractivity contribution in [2.24, 2.45) is 0 Å². The summed E-state index contributed by atoms with van der Waals surface area (Å²) in [5, 5.41) is 0. The molecular formula is C8H17IO. The van der Waals surface area contributed by atoms with E-state index in [0.717, 1.165) is 11.2 Å². The topological polar surface area (TPSA) is 9.23 Å². The molecule has 62 valence electrons. The summed E-state index contributed by atoms with van der Waals surface area (Å²) in [5.74, 6) is 0. The summed E-state index contributed by atoms with van der Waals surface area (Å²) in [6.07, 6.45) is 6.66. The number of rotatable bonds is 7. The van der Waals surface area contributed by atoms with E-state index >= 15 is 0 Å². The number of alkyl halides is 1. The van der Waals surface area contributed by atoms with Crippen molar-refractivity contribution < 1.29 is 4.74 Å². The molecule has 2 heteroatoms. The van der Waals surface area contributed by atoms with Crippen LogP contribution in [0, 0.1) is 0 Å². The normalized spacial score (nSPS) is 10.2. The summed E-state index contributed by atoms with van der Waals surface area (Å²) in [6.45, 7) is 3.19. The van der Waals surface area contributed by atoms with Gasteiger partial charge < -0.3 is 4.74 Å². The molecule has 0 saturated heterocycles. The van der Waals surface area contributed by atoms with Crippen LogP contribution < -0.4 is 0 Å². The number of unbranched alkanes of at least 4 members (excludes halogenated alkanes) is 4. The third-order valence-electron chi connectivity index (χ3n) is 1.47. The van der Waals surface area contributed by atoms with Gasteiger partial charge in [-0.05, 0) is 6.42 Å². The van der Waals surface area contributed by atoms with Gasteiger partial charge in [0, 0.05) is 6.61 Å². The minimum Gasteiger partial charge on any atom is -0.371 e. The third kappa shape index (κ3) is 8.69. The van der Waals surface area contributed by atoms with E-state index in [1.165, 1.54) is 32.1 Å². The zero-order valence-electron chi connectivity index (χ0n) is 6.74. The monoisotopic (exact) mass is 256 g/mol. The fourth-order valence-electron chi connectivity index (χ4n) is 0.862. The average Bonchev–Trinajstić information content (AvgIpc) is 1.97. The summed E-state index contributed by atoms with van der Waals surface area (Å²) in [7, 11) is 0. The Morgan fingerprint density at radius 3 is 2.40 bits per heavy atom. The van der Waals surface area contributed by atoms with Gasteiger partial charge in [0.05, 0.1) is 4.61 Å². The van der Waals surface area contributed by atoms with Gasteiger partial charge in [-0.3, -0.25) is 0 Å². The van der Waals surface area contributed by atoms with Gasteiger partial charge in [-0.25, -0.2) is 0 Å². The fourth-order valence-corrected chi connectivity index (χ4v) is 1.17. The predicted octanol–water partition coefficient (Wildman–Crippen LogP) is 3.37. The molecule has 0 atom stereocenters. The second-order valence-electron chi connectivity index (χ2n) is 2.43. The van der Waals surface area contributed by atoms with E-state index in [9.17, 15) is 0 Å². The van der Waals surface area contributed by atoms with Gasteiger partial charge in [0.2, 0.25) is 0 Å². The molecule has 0 fully saturated rings. The molecule has 0 aliphatic rings. The molecule has 0 rings (SSSR count). The van der Waals surface area contributed by atoms with Gasteiger partial charge in [-0.15, -0.1) is 0 Å². The standard InChI is InChI=1S/C8H17IO/c1-2-3-4-5-6-7-10-8-9/h2-8H2,1H3. The van der Waals surface area contributed by atoms with Crippen LogP contribution >= 0.6 is 22.6 Å². The Balaban J connectivity index is 2.65. The first kappa shape index (κ1) is 10.7. The molecule has 10 heavy (non-hydrogen) atoms. The Kier molecular flexibility index (Phi) is 10.4. The Morgan fingerprint density at radius 2 is 1.80 bits per heavy atom. The van der Waals surface area contributed by atoms with Crippen LogP contribution in [0.5, 0.6) is 0 Å². The highest BCUT2D eigenvalue weighted by atomic mass is 127. The second kappa shape index (κ2) is 9.69. The number of hydrogen-bond acceptors (Lipinski definition) is 1. The zero-order valence-corrected chi connectivity index (χ0v) is 8.89. The van der Waals surface area contributed by atoms with Crippen LogP contribution in [0.2, 0.25) is 0 Å². The highest BCUT2D eigenvalue weighted by Gasteiger charge is 1.87. The summed E-state index contributed by atoms with van der Waals surface area (Å²) in [6, 6.07) is 0. The van der Waals surface area contributed by atoms with Gasteiger partial charge in [-0.1, -0.05) is 55.2 Å². The maximum atomic E-state index is 5.20. The molecular weight excluding hydrogens is 239 g/mol. The van der Waals surface area contributed by atoms with Crippen molar-refractivity contribution >= 4 is 22.6 Å². The molecule has 0 bridgehead atoms. The van der Waals surface area contributed by atoms with E-state index < -0.39 is 0 Å². The van der Waals surface area contributed by atoms with Crippen LogP contribution in [0.4, 0.5) is 0 Å². The molecule has 0 aliphatic heterocycles. The molecule has 0 amide bonds. The van der Waals surface area contributed by atoms with Gasteiger partial charge in [0.15, 0.2) is 0 Å². The first-order valence-electron chi connectivity index (χ1n) is 4.05. The second-order valence-corrected chi connectivity index (χ2v) is 3.05. The molecule has 0 aromatic rings.